The number of thiocarbonyl (C=S) groups is 1. The predicted molar refractivity (Wildman–Crippen MR) is 138 cm³/mol. The molecule has 1 N–H and O–H groups in total. The Bertz CT molecular complexity index is 1320. The fraction of sp³-hybridized carbons (Fsp3) is 0.115. The highest BCUT2D eigenvalue weighted by molar-refractivity contribution is 9.10. The first-order valence-corrected chi connectivity index (χ1v) is 11.8. The number of hydrogen-bond acceptors (Lipinski definition) is 5. The van der Waals surface area contributed by atoms with Gasteiger partial charge in [-0.2, -0.15) is 0 Å². The van der Waals surface area contributed by atoms with Gasteiger partial charge in [-0.25, -0.2) is 4.79 Å². The molecule has 1 aliphatic heterocycles. The van der Waals surface area contributed by atoms with Crippen LogP contribution < -0.4 is 10.2 Å². The van der Waals surface area contributed by atoms with Crippen LogP contribution in [0.5, 0.6) is 0 Å². The van der Waals surface area contributed by atoms with E-state index >= 15 is 0 Å². The summed E-state index contributed by atoms with van der Waals surface area (Å²) in [4.78, 5) is 18.4. The van der Waals surface area contributed by atoms with E-state index in [1.807, 2.05) is 66.7 Å². The van der Waals surface area contributed by atoms with E-state index in [1.165, 1.54) is 7.11 Å². The molecule has 1 fully saturated rings. The number of rotatable bonds is 5. The van der Waals surface area contributed by atoms with Gasteiger partial charge >= 0.3 is 5.97 Å². The van der Waals surface area contributed by atoms with Gasteiger partial charge in [-0.15, -0.1) is 0 Å². The summed E-state index contributed by atoms with van der Waals surface area (Å²) in [5.41, 5.74) is 3.16. The number of hydrogen-bond donors (Lipinski definition) is 1. The van der Waals surface area contributed by atoms with Gasteiger partial charge in [-0.05, 0) is 72.9 Å². The lowest BCUT2D eigenvalue weighted by atomic mass is 10.0. The van der Waals surface area contributed by atoms with Crippen molar-refractivity contribution in [2.24, 2.45) is 0 Å². The maximum Gasteiger partial charge on any atom is 0.337 e. The third kappa shape index (κ3) is 4.22. The van der Waals surface area contributed by atoms with Crippen molar-refractivity contribution in [1.82, 2.24) is 10.3 Å². The molecule has 0 saturated carbocycles. The minimum Gasteiger partial charge on any atom is -0.465 e. The second kappa shape index (κ2) is 9.40. The highest BCUT2D eigenvalue weighted by Gasteiger charge is 2.42. The molecule has 4 aromatic rings. The van der Waals surface area contributed by atoms with E-state index in [0.29, 0.717) is 16.4 Å². The largest absolute Gasteiger partial charge is 0.465 e. The summed E-state index contributed by atoms with van der Waals surface area (Å²) >= 11 is 9.25. The van der Waals surface area contributed by atoms with E-state index in [2.05, 4.69) is 31.1 Å². The molecule has 34 heavy (non-hydrogen) atoms. The SMILES string of the molecule is COC(=O)c1ccc(-c2ccc([C@H]3[C@H](c4ccccn4)NC(=S)N3c3ccc(Br)cc3)o2)cc1. The third-order valence-electron chi connectivity index (χ3n) is 5.71. The number of carbonyl (C=O) groups excluding carboxylic acids is 1. The minimum atomic E-state index is -0.374. The van der Waals surface area contributed by atoms with Gasteiger partial charge < -0.3 is 19.4 Å². The number of nitrogens with one attached hydrogen (secondary N) is 1. The van der Waals surface area contributed by atoms with Crippen molar-refractivity contribution in [2.75, 3.05) is 12.0 Å². The summed E-state index contributed by atoms with van der Waals surface area (Å²) in [6.07, 6.45) is 1.77. The predicted octanol–water partition coefficient (Wildman–Crippen LogP) is 6.07. The van der Waals surface area contributed by atoms with Gasteiger partial charge in [0.1, 0.15) is 17.6 Å². The number of halogens is 1. The van der Waals surface area contributed by atoms with Crippen LogP contribution in [0.2, 0.25) is 0 Å². The Labute approximate surface area is 210 Å². The summed E-state index contributed by atoms with van der Waals surface area (Å²) in [5.74, 6) is 1.07. The Kier molecular flexibility index (Phi) is 6.17. The molecule has 0 spiro atoms. The van der Waals surface area contributed by atoms with E-state index in [9.17, 15) is 4.79 Å². The Morgan fingerprint density at radius 2 is 1.82 bits per heavy atom. The van der Waals surface area contributed by atoms with Crippen LogP contribution in [-0.4, -0.2) is 23.2 Å². The second-order valence-electron chi connectivity index (χ2n) is 7.74. The Morgan fingerprint density at radius 1 is 1.06 bits per heavy atom. The monoisotopic (exact) mass is 533 g/mol. The first-order valence-electron chi connectivity index (χ1n) is 10.6. The van der Waals surface area contributed by atoms with Gasteiger partial charge in [0.05, 0.1) is 24.4 Å². The number of carbonyl (C=O) groups is 1. The number of nitrogens with zero attached hydrogens (tertiary/aromatic N) is 2. The molecule has 0 aliphatic carbocycles. The van der Waals surface area contributed by atoms with E-state index in [4.69, 9.17) is 21.4 Å². The van der Waals surface area contributed by atoms with Crippen LogP contribution in [0.3, 0.4) is 0 Å². The van der Waals surface area contributed by atoms with Crippen molar-refractivity contribution < 1.29 is 13.9 Å². The van der Waals surface area contributed by atoms with Crippen LogP contribution in [0.15, 0.2) is 93.9 Å². The normalized spacial score (nSPS) is 17.5. The zero-order chi connectivity index (χ0) is 23.7. The fourth-order valence-corrected chi connectivity index (χ4v) is 4.69. The summed E-state index contributed by atoms with van der Waals surface area (Å²) in [5, 5.41) is 4.03. The molecule has 0 bridgehead atoms. The molecule has 6 nitrogen and oxygen atoms in total. The average Bonchev–Trinajstić information content (AvgIpc) is 3.49. The Morgan fingerprint density at radius 3 is 2.50 bits per heavy atom. The third-order valence-corrected chi connectivity index (χ3v) is 6.55. The van der Waals surface area contributed by atoms with Crippen molar-refractivity contribution >= 4 is 44.9 Å². The maximum atomic E-state index is 11.8. The lowest BCUT2D eigenvalue weighted by molar-refractivity contribution is 0.0600. The number of furan rings is 1. The standard InChI is InChI=1S/C26H20BrN3O3S/c1-32-25(31)17-7-5-16(6-8-17)21-13-14-22(33-21)24-23(20-4-2-3-15-28-20)29-26(34)30(24)19-11-9-18(27)10-12-19/h2-15,23-24H,1H3,(H,29,34)/t23-,24-/m0/s1. The Hall–Kier alpha value is -3.49. The summed E-state index contributed by atoms with van der Waals surface area (Å²) < 4.78 is 12.1. The first-order chi connectivity index (χ1) is 16.5. The highest BCUT2D eigenvalue weighted by atomic mass is 79.9. The number of anilines is 1. The number of aromatic nitrogens is 1. The van der Waals surface area contributed by atoms with Crippen LogP contribution >= 0.6 is 28.1 Å². The molecule has 2 aromatic heterocycles. The van der Waals surface area contributed by atoms with Gasteiger partial charge in [0.25, 0.3) is 0 Å². The zero-order valence-electron chi connectivity index (χ0n) is 18.1. The van der Waals surface area contributed by atoms with Crippen molar-refractivity contribution in [3.05, 3.63) is 107 Å². The van der Waals surface area contributed by atoms with Crippen LogP contribution in [0.1, 0.15) is 33.9 Å². The van der Waals surface area contributed by atoms with E-state index < -0.39 is 0 Å². The first kappa shape index (κ1) is 22.3. The maximum absolute atomic E-state index is 11.8. The van der Waals surface area contributed by atoms with Crippen LogP contribution in [0.25, 0.3) is 11.3 Å². The van der Waals surface area contributed by atoms with E-state index in [0.717, 1.165) is 27.2 Å². The summed E-state index contributed by atoms with van der Waals surface area (Å²) in [6.45, 7) is 0. The molecule has 1 saturated heterocycles. The average molecular weight is 534 g/mol. The molecular weight excluding hydrogens is 514 g/mol. The van der Waals surface area contributed by atoms with Gasteiger partial charge in [-0.3, -0.25) is 4.98 Å². The topological polar surface area (TPSA) is 67.6 Å². The number of methoxy groups -OCH3 is 1. The lowest BCUT2D eigenvalue weighted by Crippen LogP contribution is -2.29. The molecule has 0 unspecified atom stereocenters. The van der Waals surface area contributed by atoms with E-state index in [1.54, 1.807) is 18.3 Å². The molecule has 1 aliphatic rings. The molecule has 3 heterocycles. The summed E-state index contributed by atoms with van der Waals surface area (Å²) in [6, 6.07) is 24.4. The molecular formula is C26H20BrN3O3S. The van der Waals surface area contributed by atoms with Crippen LogP contribution in [0.4, 0.5) is 5.69 Å². The molecule has 8 heteroatoms. The fourth-order valence-electron chi connectivity index (χ4n) is 4.08. The summed E-state index contributed by atoms with van der Waals surface area (Å²) in [7, 11) is 1.37. The number of esters is 1. The van der Waals surface area contributed by atoms with Crippen LogP contribution in [-0.2, 0) is 4.74 Å². The highest BCUT2D eigenvalue weighted by Crippen LogP contribution is 2.43. The number of pyridine rings is 1. The second-order valence-corrected chi connectivity index (χ2v) is 9.05. The molecule has 170 valence electrons. The molecule has 2 aromatic carbocycles. The quantitative estimate of drug-likeness (QED) is 0.246. The molecule has 0 radical (unpaired) electrons. The zero-order valence-corrected chi connectivity index (χ0v) is 20.5. The van der Waals surface area contributed by atoms with Gasteiger partial charge in [0.2, 0.25) is 0 Å². The number of benzene rings is 2. The molecule has 0 amide bonds. The minimum absolute atomic E-state index is 0.196. The van der Waals surface area contributed by atoms with Crippen molar-refractivity contribution in [3.63, 3.8) is 0 Å². The van der Waals surface area contributed by atoms with Gasteiger partial charge in [0.15, 0.2) is 5.11 Å². The lowest BCUT2D eigenvalue weighted by Gasteiger charge is -2.26. The van der Waals surface area contributed by atoms with Crippen molar-refractivity contribution in [3.8, 4) is 11.3 Å². The van der Waals surface area contributed by atoms with Gasteiger partial charge in [0, 0.05) is 21.9 Å². The van der Waals surface area contributed by atoms with E-state index in [-0.39, 0.29) is 18.1 Å². The molecule has 5 rings (SSSR count). The van der Waals surface area contributed by atoms with Crippen LogP contribution in [0, 0.1) is 0 Å². The van der Waals surface area contributed by atoms with Crippen molar-refractivity contribution in [2.45, 2.75) is 12.1 Å². The van der Waals surface area contributed by atoms with Crippen molar-refractivity contribution in [1.29, 1.82) is 0 Å². The molecule has 2 atom stereocenters. The Balaban J connectivity index is 1.54. The smallest absolute Gasteiger partial charge is 0.337 e. The number of ether oxygens (including phenoxy) is 1. The van der Waals surface area contributed by atoms with Gasteiger partial charge in [-0.1, -0.05) is 34.1 Å².